The largest absolute Gasteiger partial charge is 0.504 e. The predicted octanol–water partition coefficient (Wildman–Crippen LogP) is 2.11. The molecule has 6 nitrogen and oxygen atoms in total. The first-order valence-electron chi connectivity index (χ1n) is 6.96. The lowest BCUT2D eigenvalue weighted by Crippen LogP contribution is -2.26. The molecule has 0 aliphatic heterocycles. The van der Waals surface area contributed by atoms with Crippen LogP contribution in [-0.4, -0.2) is 33.7 Å². The van der Waals surface area contributed by atoms with E-state index in [1.54, 1.807) is 0 Å². The second-order valence-electron chi connectivity index (χ2n) is 4.95. The van der Waals surface area contributed by atoms with Gasteiger partial charge in [-0.15, -0.1) is 0 Å². The molecule has 0 radical (unpaired) electrons. The van der Waals surface area contributed by atoms with E-state index in [2.05, 4.69) is 5.32 Å². The molecular formula is C15H21NO5. The average Bonchev–Trinajstić information content (AvgIpc) is 2.45. The summed E-state index contributed by atoms with van der Waals surface area (Å²) in [7, 11) is 0. The fourth-order valence-corrected chi connectivity index (χ4v) is 2.04. The Hall–Kier alpha value is -2.24. The number of benzene rings is 1. The first-order chi connectivity index (χ1) is 9.93. The van der Waals surface area contributed by atoms with Gasteiger partial charge in [0.05, 0.1) is 0 Å². The highest BCUT2D eigenvalue weighted by atomic mass is 16.4. The van der Waals surface area contributed by atoms with Crippen molar-refractivity contribution in [2.75, 3.05) is 6.54 Å². The van der Waals surface area contributed by atoms with Crippen molar-refractivity contribution in [1.29, 1.82) is 0 Å². The number of carboxylic acids is 1. The van der Waals surface area contributed by atoms with Crippen LogP contribution in [-0.2, 0) is 4.79 Å². The molecule has 0 bridgehead atoms. The number of phenols is 2. The zero-order valence-electron chi connectivity index (χ0n) is 12.0. The van der Waals surface area contributed by atoms with Gasteiger partial charge in [0.15, 0.2) is 11.5 Å². The number of carbonyl (C=O) groups excluding carboxylic acids is 1. The Kier molecular flexibility index (Phi) is 6.52. The maximum absolute atomic E-state index is 11.8. The quantitative estimate of drug-likeness (QED) is 0.549. The van der Waals surface area contributed by atoms with Crippen molar-refractivity contribution in [2.45, 2.75) is 32.6 Å². The van der Waals surface area contributed by atoms with E-state index in [0.717, 1.165) is 6.42 Å². The van der Waals surface area contributed by atoms with Gasteiger partial charge in [-0.25, -0.2) is 0 Å². The van der Waals surface area contributed by atoms with Crippen molar-refractivity contribution in [3.63, 3.8) is 0 Å². The third kappa shape index (κ3) is 5.72. The zero-order valence-corrected chi connectivity index (χ0v) is 12.0. The van der Waals surface area contributed by atoms with Gasteiger partial charge in [0.2, 0.25) is 0 Å². The molecule has 0 aromatic heterocycles. The fraction of sp³-hybridized carbons (Fsp3) is 0.467. The SMILES string of the molecule is CCC(CCNC(=O)c1ccc(O)c(O)c1)CCC(=O)O. The van der Waals surface area contributed by atoms with E-state index in [4.69, 9.17) is 5.11 Å². The molecule has 1 aromatic carbocycles. The molecule has 0 fully saturated rings. The van der Waals surface area contributed by atoms with Crippen molar-refractivity contribution in [2.24, 2.45) is 5.92 Å². The molecule has 0 aliphatic rings. The lowest BCUT2D eigenvalue weighted by Gasteiger charge is -2.14. The Morgan fingerprint density at radius 2 is 1.90 bits per heavy atom. The van der Waals surface area contributed by atoms with Gasteiger partial charge in [-0.3, -0.25) is 9.59 Å². The minimum Gasteiger partial charge on any atom is -0.504 e. The summed E-state index contributed by atoms with van der Waals surface area (Å²) >= 11 is 0. The van der Waals surface area contributed by atoms with Gasteiger partial charge in [-0.2, -0.15) is 0 Å². The van der Waals surface area contributed by atoms with Crippen molar-refractivity contribution in [3.05, 3.63) is 23.8 Å². The van der Waals surface area contributed by atoms with E-state index < -0.39 is 5.97 Å². The van der Waals surface area contributed by atoms with Crippen LogP contribution >= 0.6 is 0 Å². The molecule has 0 aliphatic carbocycles. The number of carbonyl (C=O) groups is 2. The number of nitrogens with one attached hydrogen (secondary N) is 1. The highest BCUT2D eigenvalue weighted by Gasteiger charge is 2.11. The summed E-state index contributed by atoms with van der Waals surface area (Å²) in [5, 5.41) is 29.9. The van der Waals surface area contributed by atoms with Crippen molar-refractivity contribution in [1.82, 2.24) is 5.32 Å². The van der Waals surface area contributed by atoms with E-state index in [-0.39, 0.29) is 35.3 Å². The molecule has 116 valence electrons. The Morgan fingerprint density at radius 1 is 1.19 bits per heavy atom. The normalized spacial score (nSPS) is 11.9. The topological polar surface area (TPSA) is 107 Å². The molecule has 4 N–H and O–H groups in total. The molecule has 1 rings (SSSR count). The van der Waals surface area contributed by atoms with E-state index in [1.165, 1.54) is 18.2 Å². The summed E-state index contributed by atoms with van der Waals surface area (Å²) in [4.78, 5) is 22.4. The van der Waals surface area contributed by atoms with E-state index >= 15 is 0 Å². The molecule has 6 heteroatoms. The van der Waals surface area contributed by atoms with Crippen molar-refractivity contribution < 1.29 is 24.9 Å². The van der Waals surface area contributed by atoms with Crippen LogP contribution in [0.1, 0.15) is 43.0 Å². The Balaban J connectivity index is 2.41. The fourth-order valence-electron chi connectivity index (χ4n) is 2.04. The van der Waals surface area contributed by atoms with E-state index in [0.29, 0.717) is 19.4 Å². The number of amides is 1. The predicted molar refractivity (Wildman–Crippen MR) is 77.4 cm³/mol. The third-order valence-corrected chi connectivity index (χ3v) is 3.42. The molecule has 0 saturated carbocycles. The van der Waals surface area contributed by atoms with Crippen molar-refractivity contribution >= 4 is 11.9 Å². The van der Waals surface area contributed by atoms with Gasteiger partial charge in [0.25, 0.3) is 5.91 Å². The van der Waals surface area contributed by atoms with Crippen LogP contribution in [0.3, 0.4) is 0 Å². The van der Waals surface area contributed by atoms with Crippen LogP contribution in [0.15, 0.2) is 18.2 Å². The van der Waals surface area contributed by atoms with Crippen LogP contribution in [0, 0.1) is 5.92 Å². The Bertz CT molecular complexity index is 501. The summed E-state index contributed by atoms with van der Waals surface area (Å²) in [6.45, 7) is 2.44. The molecular weight excluding hydrogens is 274 g/mol. The number of carboxylic acid groups (broad SMARTS) is 1. The number of rotatable bonds is 8. The molecule has 0 heterocycles. The van der Waals surface area contributed by atoms with Gasteiger partial charge in [0.1, 0.15) is 0 Å². The van der Waals surface area contributed by atoms with Gasteiger partial charge in [-0.1, -0.05) is 13.3 Å². The lowest BCUT2D eigenvalue weighted by molar-refractivity contribution is -0.137. The minimum atomic E-state index is -0.808. The van der Waals surface area contributed by atoms with Gasteiger partial charge < -0.3 is 20.6 Å². The number of aliphatic carboxylic acids is 1. The first kappa shape index (κ1) is 16.8. The van der Waals surface area contributed by atoms with Crippen LogP contribution < -0.4 is 5.32 Å². The third-order valence-electron chi connectivity index (χ3n) is 3.42. The Morgan fingerprint density at radius 3 is 2.48 bits per heavy atom. The summed E-state index contributed by atoms with van der Waals surface area (Å²) < 4.78 is 0. The standard InChI is InChI=1S/C15H21NO5/c1-2-10(3-6-14(19)20)7-8-16-15(21)11-4-5-12(17)13(18)9-11/h4-5,9-10,17-18H,2-3,6-8H2,1H3,(H,16,21)(H,19,20). The van der Waals surface area contributed by atoms with Gasteiger partial charge in [-0.05, 0) is 37.0 Å². The molecule has 1 unspecified atom stereocenters. The Labute approximate surface area is 123 Å². The smallest absolute Gasteiger partial charge is 0.303 e. The molecule has 1 amide bonds. The second-order valence-corrected chi connectivity index (χ2v) is 4.95. The number of hydrogen-bond acceptors (Lipinski definition) is 4. The molecule has 0 spiro atoms. The number of phenolic OH excluding ortho intramolecular Hbond substituents is 2. The van der Waals surface area contributed by atoms with Crippen LogP contribution in [0.25, 0.3) is 0 Å². The van der Waals surface area contributed by atoms with Gasteiger partial charge in [0, 0.05) is 18.5 Å². The number of aromatic hydroxyl groups is 2. The summed E-state index contributed by atoms with van der Waals surface area (Å²) in [5.74, 6) is -1.49. The van der Waals surface area contributed by atoms with Crippen molar-refractivity contribution in [3.8, 4) is 11.5 Å². The zero-order chi connectivity index (χ0) is 15.8. The average molecular weight is 295 g/mol. The maximum Gasteiger partial charge on any atom is 0.303 e. The molecule has 0 saturated heterocycles. The van der Waals surface area contributed by atoms with E-state index in [9.17, 15) is 19.8 Å². The summed E-state index contributed by atoms with van der Waals surface area (Å²) in [6, 6.07) is 3.88. The molecule has 1 atom stereocenters. The maximum atomic E-state index is 11.8. The number of hydrogen-bond donors (Lipinski definition) is 4. The lowest BCUT2D eigenvalue weighted by atomic mass is 9.96. The van der Waals surface area contributed by atoms with Crippen LogP contribution in [0.5, 0.6) is 11.5 Å². The van der Waals surface area contributed by atoms with Crippen LogP contribution in [0.2, 0.25) is 0 Å². The van der Waals surface area contributed by atoms with E-state index in [1.807, 2.05) is 6.92 Å². The highest BCUT2D eigenvalue weighted by molar-refractivity contribution is 5.94. The van der Waals surface area contributed by atoms with Gasteiger partial charge >= 0.3 is 5.97 Å². The summed E-state index contributed by atoms with van der Waals surface area (Å²) in [6.07, 6.45) is 2.31. The summed E-state index contributed by atoms with van der Waals surface area (Å²) in [5.41, 5.74) is 0.267. The molecule has 1 aromatic rings. The first-order valence-corrected chi connectivity index (χ1v) is 6.96. The monoisotopic (exact) mass is 295 g/mol. The second kappa shape index (κ2) is 8.14. The highest BCUT2D eigenvalue weighted by Crippen LogP contribution is 2.24. The minimum absolute atomic E-state index is 0.137. The molecule has 21 heavy (non-hydrogen) atoms. The van der Waals surface area contributed by atoms with Crippen LogP contribution in [0.4, 0.5) is 0 Å².